The van der Waals surface area contributed by atoms with Crippen molar-refractivity contribution in [1.82, 2.24) is 0 Å². The molecule has 4 nitrogen and oxygen atoms in total. The van der Waals surface area contributed by atoms with Gasteiger partial charge in [-0.3, -0.25) is 0 Å². The summed E-state index contributed by atoms with van der Waals surface area (Å²) in [6.45, 7) is 4.44. The average molecular weight is 344 g/mol. The van der Waals surface area contributed by atoms with Crippen LogP contribution in [0.5, 0.6) is 0 Å². The molecule has 0 bridgehead atoms. The van der Waals surface area contributed by atoms with Gasteiger partial charge in [-0.1, -0.05) is 0 Å². The fourth-order valence-electron chi connectivity index (χ4n) is 1.15. The van der Waals surface area contributed by atoms with Crippen molar-refractivity contribution in [2.45, 2.75) is 29.9 Å². The third kappa shape index (κ3) is 3.80. The fourth-order valence-corrected chi connectivity index (χ4v) is 10.4. The first-order valence-corrected chi connectivity index (χ1v) is 11.2. The predicted octanol–water partition coefficient (Wildman–Crippen LogP) is 0.417. The van der Waals surface area contributed by atoms with E-state index in [1.54, 1.807) is 13.8 Å². The molecule has 6 heteroatoms. The molecule has 1 rings (SSSR count). The summed E-state index contributed by atoms with van der Waals surface area (Å²) in [5.41, 5.74) is 0. The van der Waals surface area contributed by atoms with E-state index in [0.29, 0.717) is 19.6 Å². The number of carbonyl (C=O) groups excluding carboxylic acids is 2. The molecular weight excluding hydrogens is 330 g/mol. The van der Waals surface area contributed by atoms with Crippen LogP contribution in [0.15, 0.2) is 0 Å². The van der Waals surface area contributed by atoms with Crippen LogP contribution in [-0.4, -0.2) is 51.4 Å². The molecule has 15 heavy (non-hydrogen) atoms. The van der Waals surface area contributed by atoms with Crippen LogP contribution in [-0.2, 0) is 19.1 Å². The van der Waals surface area contributed by atoms with E-state index in [1.165, 1.54) is 0 Å². The molecule has 1 fully saturated rings. The van der Waals surface area contributed by atoms with Gasteiger partial charge in [-0.05, 0) is 0 Å². The van der Waals surface area contributed by atoms with Crippen molar-refractivity contribution in [3.8, 4) is 0 Å². The maximum atomic E-state index is 11.4. The second kappa shape index (κ2) is 6.54. The van der Waals surface area contributed by atoms with Crippen molar-refractivity contribution in [3.05, 3.63) is 0 Å². The second-order valence-corrected chi connectivity index (χ2v) is 10.3. The Hall–Kier alpha value is -0.0210. The summed E-state index contributed by atoms with van der Waals surface area (Å²) in [7, 11) is 0. The third-order valence-corrected chi connectivity index (χ3v) is 10.9. The summed E-state index contributed by atoms with van der Waals surface area (Å²) in [5, 5.41) is 0. The molecule has 0 amide bonds. The first-order valence-electron chi connectivity index (χ1n) is 4.84. The summed E-state index contributed by atoms with van der Waals surface area (Å²) in [4.78, 5) is 22.8. The van der Waals surface area contributed by atoms with E-state index in [1.807, 2.05) is 0 Å². The van der Waals surface area contributed by atoms with Gasteiger partial charge in [0.05, 0.1) is 0 Å². The van der Waals surface area contributed by atoms with Crippen LogP contribution in [0.3, 0.4) is 0 Å². The first-order chi connectivity index (χ1) is 7.19. The quantitative estimate of drug-likeness (QED) is 0.548. The van der Waals surface area contributed by atoms with Crippen molar-refractivity contribution in [1.29, 1.82) is 0 Å². The van der Waals surface area contributed by atoms with Crippen molar-refractivity contribution < 1.29 is 19.1 Å². The molecule has 1 saturated heterocycles. The summed E-state index contributed by atoms with van der Waals surface area (Å²) < 4.78 is 9.90. The van der Waals surface area contributed by atoms with Crippen molar-refractivity contribution in [2.24, 2.45) is 0 Å². The second-order valence-electron chi connectivity index (χ2n) is 2.91. The summed E-state index contributed by atoms with van der Waals surface area (Å²) >= 11 is 0.493. The average Bonchev–Trinajstić information content (AvgIpc) is 2.67. The van der Waals surface area contributed by atoms with Crippen LogP contribution in [0.4, 0.5) is 0 Å². The molecule has 0 aromatic heterocycles. The fraction of sp³-hybridized carbons (Fsp3) is 0.778. The zero-order valence-corrected chi connectivity index (χ0v) is 12.2. The third-order valence-electron chi connectivity index (χ3n) is 1.81. The Morgan fingerprint density at radius 1 is 1.07 bits per heavy atom. The van der Waals surface area contributed by atoms with Gasteiger partial charge in [-0.15, -0.1) is 0 Å². The number of esters is 2. The SMILES string of the molecule is CCOC(=O)C1CC(C(=O)OCC)[Se][Se]1. The zero-order valence-electron chi connectivity index (χ0n) is 8.73. The number of hydrogen-bond acceptors (Lipinski definition) is 4. The molecule has 0 aliphatic carbocycles. The number of carbonyl (C=O) groups is 2. The monoisotopic (exact) mass is 346 g/mol. The van der Waals surface area contributed by atoms with Gasteiger partial charge >= 0.3 is 100 Å². The molecular formula is C9H14O4Se2. The Bertz CT molecular complexity index is 220. The molecule has 0 saturated carbocycles. The van der Waals surface area contributed by atoms with Crippen LogP contribution in [0.2, 0.25) is 9.63 Å². The molecule has 1 heterocycles. The van der Waals surface area contributed by atoms with Crippen LogP contribution in [0, 0.1) is 0 Å². The molecule has 1 aliphatic heterocycles. The van der Waals surface area contributed by atoms with Gasteiger partial charge in [0, 0.05) is 0 Å². The van der Waals surface area contributed by atoms with E-state index in [2.05, 4.69) is 0 Å². The molecule has 2 unspecified atom stereocenters. The van der Waals surface area contributed by atoms with Gasteiger partial charge in [0.1, 0.15) is 0 Å². The molecule has 2 atom stereocenters. The van der Waals surface area contributed by atoms with Crippen LogP contribution in [0.25, 0.3) is 0 Å². The topological polar surface area (TPSA) is 52.6 Å². The standard InChI is InChI=1S/C9H14O4Se2/c1-3-12-8(10)6-5-7(15-14-6)9(11)13-4-2/h6-7H,3-5H2,1-2H3. The molecule has 0 aromatic rings. The van der Waals surface area contributed by atoms with Crippen LogP contribution < -0.4 is 0 Å². The Balaban J connectivity index is 2.38. The van der Waals surface area contributed by atoms with Gasteiger partial charge < -0.3 is 0 Å². The Labute approximate surface area is 100 Å². The summed E-state index contributed by atoms with van der Waals surface area (Å²) in [5.74, 6) is -0.266. The van der Waals surface area contributed by atoms with Crippen molar-refractivity contribution in [2.75, 3.05) is 13.2 Å². The van der Waals surface area contributed by atoms with Crippen molar-refractivity contribution >= 4 is 38.2 Å². The van der Waals surface area contributed by atoms with Gasteiger partial charge in [-0.25, -0.2) is 0 Å². The number of rotatable bonds is 4. The van der Waals surface area contributed by atoms with Crippen molar-refractivity contribution in [3.63, 3.8) is 0 Å². The van der Waals surface area contributed by atoms with E-state index < -0.39 is 0 Å². The van der Waals surface area contributed by atoms with Gasteiger partial charge in [0.2, 0.25) is 0 Å². The van der Waals surface area contributed by atoms with E-state index in [0.717, 1.165) is 0 Å². The number of hydrogen-bond donors (Lipinski definition) is 0. The zero-order chi connectivity index (χ0) is 11.3. The molecule has 0 N–H and O–H groups in total. The minimum absolute atomic E-state index is 0.0214. The molecule has 0 radical (unpaired) electrons. The Morgan fingerprint density at radius 3 is 1.80 bits per heavy atom. The van der Waals surface area contributed by atoms with Crippen LogP contribution >= 0.6 is 0 Å². The van der Waals surface area contributed by atoms with E-state index in [4.69, 9.17) is 9.47 Å². The maximum absolute atomic E-state index is 11.4. The Kier molecular flexibility index (Phi) is 5.69. The van der Waals surface area contributed by atoms with E-state index in [9.17, 15) is 9.59 Å². The molecule has 86 valence electrons. The predicted molar refractivity (Wildman–Crippen MR) is 56.9 cm³/mol. The van der Waals surface area contributed by atoms with Crippen LogP contribution in [0.1, 0.15) is 20.3 Å². The molecule has 0 aromatic carbocycles. The van der Waals surface area contributed by atoms with E-state index >= 15 is 0 Å². The van der Waals surface area contributed by atoms with Gasteiger partial charge in [0.25, 0.3) is 0 Å². The normalized spacial score (nSPS) is 24.9. The summed E-state index contributed by atoms with van der Waals surface area (Å²) in [6.07, 6.45) is 0.637. The van der Waals surface area contributed by atoms with E-state index in [-0.39, 0.29) is 47.8 Å². The van der Waals surface area contributed by atoms with Gasteiger partial charge in [-0.2, -0.15) is 0 Å². The first kappa shape index (κ1) is 13.0. The minimum atomic E-state index is -0.133. The van der Waals surface area contributed by atoms with Gasteiger partial charge in [0.15, 0.2) is 0 Å². The Morgan fingerprint density at radius 2 is 1.47 bits per heavy atom. The molecule has 1 aliphatic rings. The summed E-state index contributed by atoms with van der Waals surface area (Å²) in [6, 6.07) is 0. The number of ether oxygens (including phenoxy) is 2. The molecule has 0 spiro atoms.